The van der Waals surface area contributed by atoms with Gasteiger partial charge in [0.15, 0.2) is 0 Å². The van der Waals surface area contributed by atoms with Gasteiger partial charge in [0.25, 0.3) is 0 Å². The van der Waals surface area contributed by atoms with Crippen molar-refractivity contribution in [3.8, 4) is 0 Å². The Balaban J connectivity index is 3.65. The maximum atomic E-state index is 12.3. The molecule has 0 aliphatic carbocycles. The molecule has 0 bridgehead atoms. The van der Waals surface area contributed by atoms with Crippen LogP contribution in [-0.2, 0) is 4.79 Å². The molecule has 4 nitrogen and oxygen atoms in total. The number of carbonyl (C=O) groups is 1. The summed E-state index contributed by atoms with van der Waals surface area (Å²) in [5, 5.41) is 22.9. The van der Waals surface area contributed by atoms with E-state index < -0.39 is 12.1 Å². The third kappa shape index (κ3) is 32.0. The third-order valence-corrected chi connectivity index (χ3v) is 8.60. The number of unbranched alkanes of at least 4 members (excludes halogenated alkanes) is 23. The van der Waals surface area contributed by atoms with Crippen LogP contribution in [0.25, 0.3) is 0 Å². The van der Waals surface area contributed by atoms with E-state index >= 15 is 0 Å². The number of rotatable bonds is 34. The van der Waals surface area contributed by atoms with E-state index in [0.29, 0.717) is 6.42 Å². The lowest BCUT2D eigenvalue weighted by molar-refractivity contribution is -0.123. The topological polar surface area (TPSA) is 69.6 Å². The van der Waals surface area contributed by atoms with Crippen LogP contribution in [0, 0.1) is 0 Å². The summed E-state index contributed by atoms with van der Waals surface area (Å²) in [6.07, 6.45) is 46.7. The summed E-state index contributed by atoms with van der Waals surface area (Å²) in [6.45, 7) is 4.26. The Morgan fingerprint density at radius 2 is 0.886 bits per heavy atom. The summed E-state index contributed by atoms with van der Waals surface area (Å²) in [5.41, 5.74) is 0. The Kier molecular flexibility index (Phi) is 34.9. The first-order valence-electron chi connectivity index (χ1n) is 19.2. The average molecular weight is 618 g/mol. The number of hydrogen-bond acceptors (Lipinski definition) is 3. The fourth-order valence-electron chi connectivity index (χ4n) is 5.60. The molecule has 0 fully saturated rings. The molecule has 0 heterocycles. The van der Waals surface area contributed by atoms with Crippen LogP contribution in [-0.4, -0.2) is 34.9 Å². The first kappa shape index (κ1) is 42.6. The van der Waals surface area contributed by atoms with E-state index in [0.717, 1.165) is 44.9 Å². The van der Waals surface area contributed by atoms with Crippen molar-refractivity contribution in [1.82, 2.24) is 5.32 Å². The normalized spacial score (nSPS) is 13.5. The molecular weight excluding hydrogens is 542 g/mol. The average Bonchev–Trinajstić information content (AvgIpc) is 3.03. The molecule has 1 amide bonds. The van der Waals surface area contributed by atoms with Gasteiger partial charge in [-0.15, -0.1) is 0 Å². The Morgan fingerprint density at radius 1 is 0.523 bits per heavy atom. The molecule has 0 aromatic carbocycles. The van der Waals surface area contributed by atoms with Crippen LogP contribution >= 0.6 is 0 Å². The second kappa shape index (κ2) is 36.1. The highest BCUT2D eigenvalue weighted by molar-refractivity contribution is 5.76. The van der Waals surface area contributed by atoms with Crippen LogP contribution in [0.5, 0.6) is 0 Å². The predicted molar refractivity (Wildman–Crippen MR) is 193 cm³/mol. The van der Waals surface area contributed by atoms with E-state index in [4.69, 9.17) is 0 Å². The SMILES string of the molecule is CCCCC/C=C\CCCCCCCC(=O)NC(CO)C(O)/C=C/CC/C=C/CCCCCCCCCCCCCCCC. The van der Waals surface area contributed by atoms with Crippen LogP contribution in [0.15, 0.2) is 36.5 Å². The summed E-state index contributed by atoms with van der Waals surface area (Å²) in [6, 6.07) is -0.640. The maximum absolute atomic E-state index is 12.3. The summed E-state index contributed by atoms with van der Waals surface area (Å²) in [7, 11) is 0. The molecule has 0 aliphatic rings. The maximum Gasteiger partial charge on any atom is 0.220 e. The fourth-order valence-corrected chi connectivity index (χ4v) is 5.60. The van der Waals surface area contributed by atoms with Gasteiger partial charge in [-0.2, -0.15) is 0 Å². The summed E-state index contributed by atoms with van der Waals surface area (Å²) >= 11 is 0. The quantitative estimate of drug-likeness (QED) is 0.0497. The number of amides is 1. The molecule has 0 aromatic heterocycles. The molecule has 0 radical (unpaired) electrons. The van der Waals surface area contributed by atoms with E-state index in [1.807, 2.05) is 6.08 Å². The van der Waals surface area contributed by atoms with Crippen molar-refractivity contribution in [1.29, 1.82) is 0 Å². The van der Waals surface area contributed by atoms with Crippen molar-refractivity contribution in [2.45, 2.75) is 206 Å². The van der Waals surface area contributed by atoms with Gasteiger partial charge in [0, 0.05) is 6.42 Å². The Labute approximate surface area is 274 Å². The molecule has 258 valence electrons. The van der Waals surface area contributed by atoms with Gasteiger partial charge in [0.2, 0.25) is 5.91 Å². The minimum atomic E-state index is -0.862. The number of hydrogen-bond donors (Lipinski definition) is 3. The van der Waals surface area contributed by atoms with E-state index in [1.54, 1.807) is 6.08 Å². The molecule has 2 atom stereocenters. The first-order valence-corrected chi connectivity index (χ1v) is 19.2. The molecule has 0 saturated carbocycles. The number of aliphatic hydroxyl groups excluding tert-OH is 2. The van der Waals surface area contributed by atoms with Crippen molar-refractivity contribution in [2.24, 2.45) is 0 Å². The van der Waals surface area contributed by atoms with Crippen LogP contribution < -0.4 is 5.32 Å². The molecular formula is C40H75NO3. The highest BCUT2D eigenvalue weighted by Crippen LogP contribution is 2.14. The van der Waals surface area contributed by atoms with E-state index in [-0.39, 0.29) is 12.5 Å². The molecule has 0 saturated heterocycles. The molecule has 44 heavy (non-hydrogen) atoms. The molecule has 0 rings (SSSR count). The Hall–Kier alpha value is -1.39. The second-order valence-electron chi connectivity index (χ2n) is 13.0. The zero-order valence-corrected chi connectivity index (χ0v) is 29.4. The highest BCUT2D eigenvalue weighted by Gasteiger charge is 2.17. The van der Waals surface area contributed by atoms with Gasteiger partial charge < -0.3 is 15.5 Å². The summed E-state index contributed by atoms with van der Waals surface area (Å²) < 4.78 is 0. The predicted octanol–water partition coefficient (Wildman–Crippen LogP) is 11.5. The lowest BCUT2D eigenvalue weighted by Crippen LogP contribution is -2.45. The van der Waals surface area contributed by atoms with E-state index in [2.05, 4.69) is 43.5 Å². The number of nitrogens with one attached hydrogen (secondary N) is 1. The van der Waals surface area contributed by atoms with Gasteiger partial charge in [-0.05, 0) is 57.8 Å². The Bertz CT molecular complexity index is 672. The van der Waals surface area contributed by atoms with Crippen molar-refractivity contribution < 1.29 is 15.0 Å². The number of aliphatic hydroxyl groups is 2. The number of carbonyl (C=O) groups excluding carboxylic acids is 1. The van der Waals surface area contributed by atoms with Crippen molar-refractivity contribution in [2.75, 3.05) is 6.61 Å². The van der Waals surface area contributed by atoms with Gasteiger partial charge in [0.05, 0.1) is 18.8 Å². The summed E-state index contributed by atoms with van der Waals surface area (Å²) in [5.74, 6) is -0.0852. The smallest absolute Gasteiger partial charge is 0.220 e. The van der Waals surface area contributed by atoms with Crippen LogP contribution in [0.4, 0.5) is 0 Å². The molecule has 0 aromatic rings. The minimum Gasteiger partial charge on any atom is -0.394 e. The summed E-state index contributed by atoms with van der Waals surface area (Å²) in [4.78, 5) is 12.3. The molecule has 3 N–H and O–H groups in total. The van der Waals surface area contributed by atoms with Gasteiger partial charge in [0.1, 0.15) is 0 Å². The van der Waals surface area contributed by atoms with Crippen molar-refractivity contribution in [3.63, 3.8) is 0 Å². The van der Waals surface area contributed by atoms with Crippen molar-refractivity contribution >= 4 is 5.91 Å². The molecule has 2 unspecified atom stereocenters. The van der Waals surface area contributed by atoms with Crippen LogP contribution in [0.3, 0.4) is 0 Å². The third-order valence-electron chi connectivity index (χ3n) is 8.60. The van der Waals surface area contributed by atoms with Gasteiger partial charge >= 0.3 is 0 Å². The minimum absolute atomic E-state index is 0.0852. The zero-order valence-electron chi connectivity index (χ0n) is 29.4. The first-order chi connectivity index (χ1) is 21.7. The Morgan fingerprint density at radius 3 is 1.36 bits per heavy atom. The highest BCUT2D eigenvalue weighted by atomic mass is 16.3. The molecule has 0 spiro atoms. The van der Waals surface area contributed by atoms with Gasteiger partial charge in [-0.1, -0.05) is 166 Å². The van der Waals surface area contributed by atoms with Gasteiger partial charge in [-0.3, -0.25) is 4.79 Å². The second-order valence-corrected chi connectivity index (χ2v) is 13.0. The lowest BCUT2D eigenvalue weighted by atomic mass is 10.0. The monoisotopic (exact) mass is 618 g/mol. The van der Waals surface area contributed by atoms with Gasteiger partial charge in [-0.25, -0.2) is 0 Å². The van der Waals surface area contributed by atoms with Crippen LogP contribution in [0.2, 0.25) is 0 Å². The molecule has 4 heteroatoms. The fraction of sp³-hybridized carbons (Fsp3) is 0.825. The molecule has 0 aliphatic heterocycles. The van der Waals surface area contributed by atoms with E-state index in [1.165, 1.54) is 128 Å². The van der Waals surface area contributed by atoms with Crippen LogP contribution in [0.1, 0.15) is 194 Å². The standard InChI is InChI=1S/C40H75NO3/c1-3-5-7-9-11-13-15-17-18-19-20-21-22-23-24-25-27-29-31-33-35-39(43)38(37-42)41-40(44)36-34-32-30-28-26-16-14-12-10-8-6-4-2/h12,14,25,27,33,35,38-39,42-43H,3-11,13,15-24,26,28-32,34,36-37H2,1-2H3,(H,41,44)/b14-12-,27-25+,35-33+. The lowest BCUT2D eigenvalue weighted by Gasteiger charge is -2.19. The zero-order chi connectivity index (χ0) is 32.2. The largest absolute Gasteiger partial charge is 0.394 e. The van der Waals surface area contributed by atoms with Crippen molar-refractivity contribution in [3.05, 3.63) is 36.5 Å². The number of allylic oxidation sites excluding steroid dienone is 5. The van der Waals surface area contributed by atoms with E-state index in [9.17, 15) is 15.0 Å².